The number of carbonyl (C=O) groups is 1. The highest BCUT2D eigenvalue weighted by atomic mass is 16.3. The molecule has 2 atom stereocenters. The van der Waals surface area contributed by atoms with Crippen molar-refractivity contribution in [2.24, 2.45) is 5.92 Å². The van der Waals surface area contributed by atoms with E-state index in [1.165, 1.54) is 15.8 Å². The van der Waals surface area contributed by atoms with Crippen molar-refractivity contribution in [3.8, 4) is 11.4 Å². The van der Waals surface area contributed by atoms with Crippen LogP contribution in [-0.4, -0.2) is 50.5 Å². The number of aromatic hydroxyl groups is 1. The summed E-state index contributed by atoms with van der Waals surface area (Å²) in [6.45, 7) is 0.470. The fourth-order valence-electron chi connectivity index (χ4n) is 3.08. The molecule has 1 aliphatic rings. The topological polar surface area (TPSA) is 78.6 Å². The Kier molecular flexibility index (Phi) is 4.34. The summed E-state index contributed by atoms with van der Waals surface area (Å²) in [5, 5.41) is 24.1. The molecule has 23 heavy (non-hydrogen) atoms. The van der Waals surface area contributed by atoms with Crippen LogP contribution in [-0.2, 0) is 0 Å². The first-order chi connectivity index (χ1) is 11.1. The Morgan fingerprint density at radius 2 is 2.09 bits per heavy atom. The monoisotopic (exact) mass is 315 g/mol. The first kappa shape index (κ1) is 15.6. The molecule has 1 fully saturated rings. The van der Waals surface area contributed by atoms with E-state index in [9.17, 15) is 15.0 Å². The highest BCUT2D eigenvalue weighted by Crippen LogP contribution is 2.27. The molecule has 0 saturated heterocycles. The number of hydrogen-bond acceptors (Lipinski definition) is 4. The van der Waals surface area contributed by atoms with Crippen molar-refractivity contribution in [2.75, 3.05) is 13.6 Å². The summed E-state index contributed by atoms with van der Waals surface area (Å²) < 4.78 is 1.49. The molecule has 0 aliphatic heterocycles. The maximum absolute atomic E-state index is 12.5. The molecule has 1 saturated carbocycles. The third-order valence-corrected chi connectivity index (χ3v) is 4.39. The molecule has 6 nitrogen and oxygen atoms in total. The van der Waals surface area contributed by atoms with Gasteiger partial charge in [0.25, 0.3) is 5.91 Å². The van der Waals surface area contributed by atoms with Crippen LogP contribution in [0.25, 0.3) is 5.69 Å². The zero-order valence-corrected chi connectivity index (χ0v) is 13.1. The van der Waals surface area contributed by atoms with Crippen molar-refractivity contribution in [1.82, 2.24) is 14.7 Å². The summed E-state index contributed by atoms with van der Waals surface area (Å²) in [6.07, 6.45) is 3.78. The number of benzene rings is 1. The van der Waals surface area contributed by atoms with Crippen molar-refractivity contribution < 1.29 is 15.0 Å². The lowest BCUT2D eigenvalue weighted by molar-refractivity contribution is 0.0685. The third-order valence-electron chi connectivity index (χ3n) is 4.39. The van der Waals surface area contributed by atoms with E-state index in [2.05, 4.69) is 5.10 Å². The molecule has 0 radical (unpaired) electrons. The highest BCUT2D eigenvalue weighted by molar-refractivity contribution is 5.94. The fraction of sp³-hybridized carbons (Fsp3) is 0.412. The van der Waals surface area contributed by atoms with Crippen LogP contribution in [0.2, 0.25) is 0 Å². The van der Waals surface area contributed by atoms with Crippen LogP contribution in [0.3, 0.4) is 0 Å². The van der Waals surface area contributed by atoms with Gasteiger partial charge in [-0.15, -0.1) is 0 Å². The van der Waals surface area contributed by atoms with Gasteiger partial charge in [-0.3, -0.25) is 4.79 Å². The van der Waals surface area contributed by atoms with Gasteiger partial charge in [0.2, 0.25) is 0 Å². The number of hydrogen-bond donors (Lipinski definition) is 2. The van der Waals surface area contributed by atoms with Gasteiger partial charge in [-0.1, -0.05) is 24.6 Å². The number of para-hydroxylation sites is 1. The second kappa shape index (κ2) is 6.42. The summed E-state index contributed by atoms with van der Waals surface area (Å²) in [5.41, 5.74) is 0.805. The lowest BCUT2D eigenvalue weighted by Gasteiger charge is -2.22. The third kappa shape index (κ3) is 3.22. The molecule has 2 aromatic rings. The Morgan fingerprint density at radius 1 is 1.35 bits per heavy atom. The molecule has 2 N–H and O–H groups in total. The lowest BCUT2D eigenvalue weighted by Crippen LogP contribution is -2.34. The molecular formula is C17H21N3O3. The van der Waals surface area contributed by atoms with Gasteiger partial charge in [-0.05, 0) is 25.0 Å². The Hall–Kier alpha value is -2.34. The molecule has 1 aliphatic carbocycles. The smallest absolute Gasteiger partial charge is 0.277 e. The molecule has 1 aromatic carbocycles. The minimum atomic E-state index is -0.347. The predicted molar refractivity (Wildman–Crippen MR) is 85.5 cm³/mol. The average molecular weight is 315 g/mol. The van der Waals surface area contributed by atoms with Crippen LogP contribution in [0, 0.1) is 5.92 Å². The van der Waals surface area contributed by atoms with Crippen LogP contribution >= 0.6 is 0 Å². The number of amides is 1. The van der Waals surface area contributed by atoms with Gasteiger partial charge in [-0.25, -0.2) is 4.68 Å². The molecule has 3 rings (SSSR count). The van der Waals surface area contributed by atoms with Gasteiger partial charge in [-0.2, -0.15) is 5.10 Å². The van der Waals surface area contributed by atoms with Crippen molar-refractivity contribution in [3.63, 3.8) is 0 Å². The van der Waals surface area contributed by atoms with E-state index in [-0.39, 0.29) is 29.4 Å². The first-order valence-electron chi connectivity index (χ1n) is 7.84. The number of nitrogens with zero attached hydrogens (tertiary/aromatic N) is 3. The van der Waals surface area contributed by atoms with Crippen LogP contribution in [0.1, 0.15) is 29.8 Å². The number of aromatic nitrogens is 2. The van der Waals surface area contributed by atoms with Gasteiger partial charge >= 0.3 is 0 Å². The zero-order valence-electron chi connectivity index (χ0n) is 13.1. The van der Waals surface area contributed by atoms with Gasteiger partial charge in [0.15, 0.2) is 11.4 Å². The maximum Gasteiger partial charge on any atom is 0.277 e. The molecule has 1 amide bonds. The Labute approximate surface area is 135 Å². The van der Waals surface area contributed by atoms with E-state index in [1.54, 1.807) is 7.05 Å². The highest BCUT2D eigenvalue weighted by Gasteiger charge is 2.29. The van der Waals surface area contributed by atoms with Crippen molar-refractivity contribution in [3.05, 3.63) is 42.2 Å². The summed E-state index contributed by atoms with van der Waals surface area (Å²) >= 11 is 0. The standard InChI is InChI=1S/C17H21N3O3/c1-19(10-12-6-5-9-14(12)21)17(23)16-15(22)11-20(18-16)13-7-3-2-4-8-13/h2-4,7-8,11-12,14,21-22H,5-6,9-10H2,1H3. The molecule has 0 bridgehead atoms. The number of aliphatic hydroxyl groups excluding tert-OH is 1. The van der Waals surface area contributed by atoms with E-state index in [0.29, 0.717) is 6.54 Å². The quantitative estimate of drug-likeness (QED) is 0.902. The minimum Gasteiger partial charge on any atom is -0.504 e. The fourth-order valence-corrected chi connectivity index (χ4v) is 3.08. The Bertz CT molecular complexity index is 684. The largest absolute Gasteiger partial charge is 0.504 e. The maximum atomic E-state index is 12.5. The van der Waals surface area contributed by atoms with Gasteiger partial charge in [0, 0.05) is 19.5 Å². The minimum absolute atomic E-state index is 0.0313. The van der Waals surface area contributed by atoms with E-state index in [1.807, 2.05) is 30.3 Å². The molecule has 1 aromatic heterocycles. The second-order valence-corrected chi connectivity index (χ2v) is 6.09. The zero-order chi connectivity index (χ0) is 16.4. The summed E-state index contributed by atoms with van der Waals surface area (Å²) in [5.74, 6) is -0.378. The van der Waals surface area contributed by atoms with Crippen molar-refractivity contribution in [2.45, 2.75) is 25.4 Å². The van der Waals surface area contributed by atoms with Gasteiger partial charge in [0.05, 0.1) is 18.0 Å². The van der Waals surface area contributed by atoms with Crippen LogP contribution in [0.5, 0.6) is 5.75 Å². The molecule has 1 heterocycles. The van der Waals surface area contributed by atoms with E-state index >= 15 is 0 Å². The van der Waals surface area contributed by atoms with E-state index in [0.717, 1.165) is 24.9 Å². The molecule has 122 valence electrons. The Balaban J connectivity index is 1.75. The van der Waals surface area contributed by atoms with Crippen molar-refractivity contribution >= 4 is 5.91 Å². The average Bonchev–Trinajstić information content (AvgIpc) is 3.14. The van der Waals surface area contributed by atoms with Crippen molar-refractivity contribution in [1.29, 1.82) is 0 Å². The van der Waals surface area contributed by atoms with E-state index in [4.69, 9.17) is 0 Å². The van der Waals surface area contributed by atoms with Crippen LogP contribution in [0.4, 0.5) is 0 Å². The van der Waals surface area contributed by atoms with Gasteiger partial charge < -0.3 is 15.1 Å². The Morgan fingerprint density at radius 3 is 2.74 bits per heavy atom. The number of rotatable bonds is 4. The van der Waals surface area contributed by atoms with Crippen LogP contribution in [0.15, 0.2) is 36.5 Å². The molecule has 0 spiro atoms. The number of aliphatic hydroxyl groups is 1. The summed E-state index contributed by atoms with van der Waals surface area (Å²) in [7, 11) is 1.67. The second-order valence-electron chi connectivity index (χ2n) is 6.09. The SMILES string of the molecule is CN(CC1CCCC1O)C(=O)c1nn(-c2ccccc2)cc1O. The predicted octanol–water partition coefficient (Wildman–Crippen LogP) is 1.81. The molecule has 6 heteroatoms. The van der Waals surface area contributed by atoms with Gasteiger partial charge in [0.1, 0.15) is 0 Å². The lowest BCUT2D eigenvalue weighted by atomic mass is 10.1. The van der Waals surface area contributed by atoms with E-state index < -0.39 is 0 Å². The molecule has 2 unspecified atom stereocenters. The van der Waals surface area contributed by atoms with Crippen LogP contribution < -0.4 is 0 Å². The summed E-state index contributed by atoms with van der Waals surface area (Å²) in [4.78, 5) is 14.0. The molecular weight excluding hydrogens is 294 g/mol. The first-order valence-corrected chi connectivity index (χ1v) is 7.84. The normalized spacial score (nSPS) is 20.6. The summed E-state index contributed by atoms with van der Waals surface area (Å²) in [6, 6.07) is 9.31. The number of carbonyl (C=O) groups excluding carboxylic acids is 1.